The van der Waals surface area contributed by atoms with Crippen LogP contribution in [0.3, 0.4) is 0 Å². The van der Waals surface area contributed by atoms with Gasteiger partial charge < -0.3 is 11.5 Å². The van der Waals surface area contributed by atoms with Crippen LogP contribution in [-0.4, -0.2) is 35.8 Å². The predicted molar refractivity (Wildman–Crippen MR) is 80.5 cm³/mol. The van der Waals surface area contributed by atoms with Gasteiger partial charge in [0, 0.05) is 6.54 Å². The Hall–Kier alpha value is -1.12. The smallest absolute Gasteiger partial charge is 0.233 e. The van der Waals surface area contributed by atoms with Crippen molar-refractivity contribution in [3.63, 3.8) is 0 Å². The lowest BCUT2D eigenvalue weighted by Crippen LogP contribution is -2.35. The first-order valence-electron chi connectivity index (χ1n) is 6.18. The summed E-state index contributed by atoms with van der Waals surface area (Å²) in [5.41, 5.74) is 10.4. The molecule has 4 unspecified atom stereocenters. The molecule has 2 aliphatic carbocycles. The highest BCUT2D eigenvalue weighted by Crippen LogP contribution is 2.52. The number of hydrogen-bond acceptors (Lipinski definition) is 3. The Balaban J connectivity index is 0.00000133. The fraction of sp³-hybridized carbons (Fsp3) is 0.583. The van der Waals surface area contributed by atoms with E-state index in [2.05, 4.69) is 17.1 Å². The minimum atomic E-state index is -0.133. The van der Waals surface area contributed by atoms with Crippen LogP contribution in [0.5, 0.6) is 0 Å². The molecule has 0 aromatic rings. The van der Waals surface area contributed by atoms with Crippen molar-refractivity contribution in [3.8, 4) is 0 Å². The van der Waals surface area contributed by atoms with Crippen LogP contribution in [0.15, 0.2) is 17.1 Å². The molecule has 1 saturated carbocycles. The molecule has 0 aromatic carbocycles. The zero-order valence-electron chi connectivity index (χ0n) is 10.4. The first-order chi connectivity index (χ1) is 8.59. The molecule has 0 radical (unpaired) electrons. The lowest BCUT2D eigenvalue weighted by Gasteiger charge is -2.15. The maximum absolute atomic E-state index is 12.2. The third-order valence-corrected chi connectivity index (χ3v) is 4.18. The van der Waals surface area contributed by atoms with E-state index in [1.54, 1.807) is 0 Å². The topological polar surface area (TPSA) is 102 Å². The largest absolute Gasteiger partial charge is 0.370 e. The Kier molecular flexibility index (Phi) is 3.84. The number of amides is 2. The van der Waals surface area contributed by atoms with Gasteiger partial charge in [-0.05, 0) is 18.3 Å². The fourth-order valence-corrected chi connectivity index (χ4v) is 3.46. The van der Waals surface area contributed by atoms with Crippen molar-refractivity contribution < 1.29 is 9.59 Å². The lowest BCUT2D eigenvalue weighted by atomic mass is 9.85. The maximum Gasteiger partial charge on any atom is 0.233 e. The summed E-state index contributed by atoms with van der Waals surface area (Å²) in [6.07, 6.45) is 5.11. The van der Waals surface area contributed by atoms with Crippen molar-refractivity contribution in [2.24, 2.45) is 40.1 Å². The molecule has 3 aliphatic rings. The van der Waals surface area contributed by atoms with Gasteiger partial charge in [-0.25, -0.2) is 0 Å². The Labute approximate surface area is 128 Å². The van der Waals surface area contributed by atoms with Crippen molar-refractivity contribution in [1.82, 2.24) is 4.90 Å². The summed E-state index contributed by atoms with van der Waals surface area (Å²) >= 11 is 0. The molecular weight excluding hydrogens is 359 g/mol. The minimum Gasteiger partial charge on any atom is -0.370 e. The summed E-state index contributed by atoms with van der Waals surface area (Å²) in [7, 11) is 0. The number of allylic oxidation sites excluding steroid dienone is 2. The molecule has 0 aromatic heterocycles. The number of hydrogen-bond donors (Lipinski definition) is 2. The van der Waals surface area contributed by atoms with Crippen LogP contribution in [0.25, 0.3) is 0 Å². The van der Waals surface area contributed by atoms with E-state index in [9.17, 15) is 9.59 Å². The third kappa shape index (κ3) is 2.13. The zero-order valence-corrected chi connectivity index (χ0v) is 12.7. The van der Waals surface area contributed by atoms with Gasteiger partial charge in [0.25, 0.3) is 0 Å². The Morgan fingerprint density at radius 3 is 2.21 bits per heavy atom. The first kappa shape index (κ1) is 14.3. The van der Waals surface area contributed by atoms with Gasteiger partial charge in [0.15, 0.2) is 5.96 Å². The number of likely N-dealkylation sites (tertiary alicyclic amines) is 1. The minimum absolute atomic E-state index is 0. The Morgan fingerprint density at radius 2 is 1.74 bits per heavy atom. The Morgan fingerprint density at radius 1 is 1.21 bits per heavy atom. The molecule has 0 spiro atoms. The average Bonchev–Trinajstić information content (AvgIpc) is 2.97. The molecule has 2 fully saturated rings. The zero-order chi connectivity index (χ0) is 12.9. The number of halogens is 1. The average molecular weight is 376 g/mol. The van der Waals surface area contributed by atoms with E-state index in [0.29, 0.717) is 0 Å². The molecule has 4 N–H and O–H groups in total. The number of guanidine groups is 1. The summed E-state index contributed by atoms with van der Waals surface area (Å²) in [5.74, 6) is 0.128. The summed E-state index contributed by atoms with van der Waals surface area (Å²) in [6, 6.07) is 0. The second kappa shape index (κ2) is 5.10. The van der Waals surface area contributed by atoms with E-state index < -0.39 is 0 Å². The first-order valence-corrected chi connectivity index (χ1v) is 6.18. The van der Waals surface area contributed by atoms with Gasteiger partial charge in [-0.3, -0.25) is 19.5 Å². The second-order valence-corrected chi connectivity index (χ2v) is 5.13. The normalized spacial score (nSPS) is 34.4. The molecule has 4 atom stereocenters. The molecular formula is C12H17IN4O2. The van der Waals surface area contributed by atoms with Crippen LogP contribution in [0.4, 0.5) is 0 Å². The van der Waals surface area contributed by atoms with Gasteiger partial charge in [-0.2, -0.15) is 0 Å². The second-order valence-electron chi connectivity index (χ2n) is 5.13. The van der Waals surface area contributed by atoms with Gasteiger partial charge >= 0.3 is 0 Å². The van der Waals surface area contributed by atoms with Gasteiger partial charge in [0.05, 0.1) is 18.4 Å². The highest BCUT2D eigenvalue weighted by molar-refractivity contribution is 14.0. The highest BCUT2D eigenvalue weighted by atomic mass is 127. The molecule has 2 bridgehead atoms. The van der Waals surface area contributed by atoms with Crippen molar-refractivity contribution in [2.75, 3.05) is 13.1 Å². The SMILES string of the molecule is I.NC(N)=NCCN1C(=O)C2C3C=CC(C3)C2C1=O. The number of nitrogens with zero attached hydrogens (tertiary/aromatic N) is 2. The van der Waals surface area contributed by atoms with Crippen molar-refractivity contribution >= 4 is 41.8 Å². The molecule has 19 heavy (non-hydrogen) atoms. The van der Waals surface area contributed by atoms with Crippen molar-refractivity contribution in [3.05, 3.63) is 12.2 Å². The predicted octanol–water partition coefficient (Wildman–Crippen LogP) is -0.315. The molecule has 1 aliphatic heterocycles. The van der Waals surface area contributed by atoms with Gasteiger partial charge in [0.2, 0.25) is 11.8 Å². The van der Waals surface area contributed by atoms with Gasteiger partial charge in [-0.15, -0.1) is 24.0 Å². The number of carbonyl (C=O) groups excluding carboxylic acids is 2. The summed E-state index contributed by atoms with van der Waals surface area (Å²) in [5, 5.41) is 0. The molecule has 104 valence electrons. The number of rotatable bonds is 3. The highest BCUT2D eigenvalue weighted by Gasteiger charge is 2.58. The standard InChI is InChI=1S/C12H16N4O2.HI/c13-12(14)15-3-4-16-10(17)8-6-1-2-7(5-6)9(8)11(16)18;/h1-2,6-9H,3-5H2,(H4,13,14,15);1H. The molecule has 2 amide bonds. The van der Waals surface area contributed by atoms with E-state index in [4.69, 9.17) is 11.5 Å². The van der Waals surface area contributed by atoms with E-state index in [-0.39, 0.29) is 78.5 Å². The lowest BCUT2D eigenvalue weighted by molar-refractivity contribution is -0.140. The van der Waals surface area contributed by atoms with Crippen LogP contribution < -0.4 is 11.5 Å². The van der Waals surface area contributed by atoms with Crippen molar-refractivity contribution in [1.29, 1.82) is 0 Å². The van der Waals surface area contributed by atoms with Crippen LogP contribution in [0, 0.1) is 23.7 Å². The number of aliphatic imine (C=N–C) groups is 1. The Bertz CT molecular complexity index is 442. The monoisotopic (exact) mass is 376 g/mol. The van der Waals surface area contributed by atoms with Crippen LogP contribution in [-0.2, 0) is 9.59 Å². The van der Waals surface area contributed by atoms with E-state index in [1.807, 2.05) is 0 Å². The van der Waals surface area contributed by atoms with Crippen LogP contribution in [0.1, 0.15) is 6.42 Å². The van der Waals surface area contributed by atoms with Crippen LogP contribution in [0.2, 0.25) is 0 Å². The number of fused-ring (bicyclic) bond motifs is 5. The van der Waals surface area contributed by atoms with E-state index in [0.717, 1.165) is 6.42 Å². The molecule has 7 heteroatoms. The summed E-state index contributed by atoms with van der Waals surface area (Å²) in [6.45, 7) is 0.560. The molecule has 3 rings (SSSR count). The van der Waals surface area contributed by atoms with Crippen LogP contribution >= 0.6 is 24.0 Å². The number of carbonyl (C=O) groups is 2. The van der Waals surface area contributed by atoms with Gasteiger partial charge in [0.1, 0.15) is 0 Å². The third-order valence-electron chi connectivity index (χ3n) is 4.18. The van der Waals surface area contributed by atoms with Gasteiger partial charge in [-0.1, -0.05) is 12.2 Å². The fourth-order valence-electron chi connectivity index (χ4n) is 3.46. The molecule has 6 nitrogen and oxygen atoms in total. The van der Waals surface area contributed by atoms with E-state index >= 15 is 0 Å². The molecule has 1 heterocycles. The summed E-state index contributed by atoms with van der Waals surface area (Å²) in [4.78, 5) is 29.6. The quantitative estimate of drug-likeness (QED) is 0.232. The molecule has 1 saturated heterocycles. The van der Waals surface area contributed by atoms with E-state index in [1.165, 1.54) is 4.90 Å². The summed E-state index contributed by atoms with van der Waals surface area (Å²) < 4.78 is 0. The van der Waals surface area contributed by atoms with Crippen molar-refractivity contribution in [2.45, 2.75) is 6.42 Å². The number of nitrogens with two attached hydrogens (primary N) is 2. The maximum atomic E-state index is 12.2. The number of imide groups is 1.